The molecular weight excluding hydrogens is 356 g/mol. The number of hydrogen-bond donors (Lipinski definition) is 5. The number of carbonyl (C=O) groups is 1. The van der Waals surface area contributed by atoms with Gasteiger partial charge in [0.15, 0.2) is 11.6 Å². The van der Waals surface area contributed by atoms with Crippen LogP contribution in [0.4, 0.5) is 23.0 Å². The maximum absolute atomic E-state index is 11.0. The zero-order chi connectivity index (χ0) is 20.5. The monoisotopic (exact) mass is 384 g/mol. The molecule has 0 spiro atoms. The van der Waals surface area contributed by atoms with Crippen LogP contribution in [0.5, 0.6) is 0 Å². The van der Waals surface area contributed by atoms with E-state index in [0.29, 0.717) is 23.0 Å². The molecule has 0 saturated carbocycles. The molecule has 0 unspecified atom stereocenters. The Morgan fingerprint density at radius 2 is 1.68 bits per heavy atom. The van der Waals surface area contributed by atoms with Crippen LogP contribution in [0.25, 0.3) is 0 Å². The maximum Gasteiger partial charge on any atom is 0.335 e. The summed E-state index contributed by atoms with van der Waals surface area (Å²) in [6.07, 6.45) is 3.35. The second-order valence-corrected chi connectivity index (χ2v) is 8.63. The number of rotatable bonds is 5. The predicted molar refractivity (Wildman–Crippen MR) is 111 cm³/mol. The van der Waals surface area contributed by atoms with Crippen molar-refractivity contribution in [1.29, 1.82) is 0 Å². The van der Waals surface area contributed by atoms with Crippen molar-refractivity contribution in [3.63, 3.8) is 0 Å². The molecule has 1 aliphatic rings. The third-order valence-electron chi connectivity index (χ3n) is 4.81. The summed E-state index contributed by atoms with van der Waals surface area (Å²) in [6, 6.07) is 6.64. The highest BCUT2D eigenvalue weighted by molar-refractivity contribution is 5.88. The number of nitrogens with zero attached hydrogens (tertiary/aromatic N) is 2. The molecule has 1 aromatic heterocycles. The van der Waals surface area contributed by atoms with Crippen LogP contribution in [0.3, 0.4) is 0 Å². The summed E-state index contributed by atoms with van der Waals surface area (Å²) in [4.78, 5) is 19.5. The zero-order valence-electron chi connectivity index (χ0n) is 16.7. The topological polar surface area (TPSA) is 125 Å². The molecule has 28 heavy (non-hydrogen) atoms. The van der Waals surface area contributed by atoms with Gasteiger partial charge in [-0.3, -0.25) is 0 Å². The van der Waals surface area contributed by atoms with Crippen molar-refractivity contribution in [2.45, 2.75) is 57.7 Å². The Balaban J connectivity index is 1.76. The molecule has 3 rings (SSSR count). The standard InChI is InChI=1S/C20H28N6O2/c1-19(2)9-14(10-20(3,4)26-19)25-17-15(21)16(22-11-23-17)24-13-7-5-12(6-8-13)18(27)28/h5-8,11,14,26H,9-10,21H2,1-4H3,(H,27,28)(H2,22,23,24,25). The zero-order valence-corrected chi connectivity index (χ0v) is 16.7. The number of carboxylic acid groups (broad SMARTS) is 1. The number of nitrogens with one attached hydrogen (secondary N) is 3. The van der Waals surface area contributed by atoms with Gasteiger partial charge in [-0.1, -0.05) is 0 Å². The van der Waals surface area contributed by atoms with Gasteiger partial charge < -0.3 is 26.8 Å². The Morgan fingerprint density at radius 3 is 2.25 bits per heavy atom. The van der Waals surface area contributed by atoms with Crippen LogP contribution < -0.4 is 21.7 Å². The third-order valence-corrected chi connectivity index (χ3v) is 4.81. The number of carboxylic acids is 1. The van der Waals surface area contributed by atoms with E-state index < -0.39 is 5.97 Å². The summed E-state index contributed by atoms with van der Waals surface area (Å²) < 4.78 is 0. The van der Waals surface area contributed by atoms with Crippen molar-refractivity contribution in [3.8, 4) is 0 Å². The van der Waals surface area contributed by atoms with E-state index in [4.69, 9.17) is 10.8 Å². The summed E-state index contributed by atoms with van der Waals surface area (Å²) in [5, 5.41) is 19.3. The van der Waals surface area contributed by atoms with Gasteiger partial charge in [-0.15, -0.1) is 0 Å². The third kappa shape index (κ3) is 4.69. The van der Waals surface area contributed by atoms with Crippen molar-refractivity contribution in [1.82, 2.24) is 15.3 Å². The number of aromatic nitrogens is 2. The summed E-state index contributed by atoms with van der Waals surface area (Å²) in [7, 11) is 0. The van der Waals surface area contributed by atoms with Gasteiger partial charge in [0.1, 0.15) is 12.0 Å². The average Bonchev–Trinajstić information content (AvgIpc) is 2.56. The van der Waals surface area contributed by atoms with Crippen molar-refractivity contribution in [2.24, 2.45) is 0 Å². The number of aromatic carboxylic acids is 1. The van der Waals surface area contributed by atoms with E-state index in [2.05, 4.69) is 53.6 Å². The molecule has 0 aliphatic carbocycles. The Labute approximate surface area is 165 Å². The highest BCUT2D eigenvalue weighted by Gasteiger charge is 2.37. The summed E-state index contributed by atoms with van der Waals surface area (Å²) in [6.45, 7) is 8.78. The second-order valence-electron chi connectivity index (χ2n) is 8.63. The van der Waals surface area contributed by atoms with Crippen LogP contribution in [0, 0.1) is 0 Å². The van der Waals surface area contributed by atoms with Crippen LogP contribution in [0.15, 0.2) is 30.6 Å². The number of nitrogen functional groups attached to an aromatic ring is 1. The fraction of sp³-hybridized carbons (Fsp3) is 0.450. The molecule has 8 nitrogen and oxygen atoms in total. The van der Waals surface area contributed by atoms with Crippen LogP contribution >= 0.6 is 0 Å². The molecule has 0 amide bonds. The van der Waals surface area contributed by atoms with Crippen molar-refractivity contribution >= 4 is 29.0 Å². The highest BCUT2D eigenvalue weighted by Crippen LogP contribution is 2.32. The molecule has 0 atom stereocenters. The lowest BCUT2D eigenvalue weighted by Crippen LogP contribution is -2.60. The van der Waals surface area contributed by atoms with E-state index in [9.17, 15) is 4.79 Å². The number of hydrogen-bond acceptors (Lipinski definition) is 7. The van der Waals surface area contributed by atoms with Gasteiger partial charge in [0.25, 0.3) is 0 Å². The fourth-order valence-electron chi connectivity index (χ4n) is 4.06. The Kier molecular flexibility index (Phi) is 5.16. The van der Waals surface area contributed by atoms with Crippen LogP contribution in [-0.2, 0) is 0 Å². The first-order valence-electron chi connectivity index (χ1n) is 9.31. The first-order chi connectivity index (χ1) is 13.0. The van der Waals surface area contributed by atoms with E-state index in [0.717, 1.165) is 12.8 Å². The maximum atomic E-state index is 11.0. The Hall–Kier alpha value is -2.87. The molecule has 0 radical (unpaired) electrons. The van der Waals surface area contributed by atoms with Gasteiger partial charge in [0, 0.05) is 22.8 Å². The van der Waals surface area contributed by atoms with Gasteiger partial charge >= 0.3 is 5.97 Å². The molecule has 8 heteroatoms. The Morgan fingerprint density at radius 1 is 1.11 bits per heavy atom. The van der Waals surface area contributed by atoms with Gasteiger partial charge in [-0.2, -0.15) is 0 Å². The summed E-state index contributed by atoms with van der Waals surface area (Å²) in [5.74, 6) is 0.110. The lowest BCUT2D eigenvalue weighted by molar-refractivity contribution is 0.0697. The number of nitrogens with two attached hydrogens (primary N) is 1. The molecule has 2 heterocycles. The van der Waals surface area contributed by atoms with Crippen LogP contribution in [0.2, 0.25) is 0 Å². The van der Waals surface area contributed by atoms with E-state index in [-0.39, 0.29) is 22.7 Å². The fourth-order valence-corrected chi connectivity index (χ4v) is 4.06. The largest absolute Gasteiger partial charge is 0.478 e. The van der Waals surface area contributed by atoms with Gasteiger partial charge in [0.05, 0.1) is 5.56 Å². The van der Waals surface area contributed by atoms with Crippen molar-refractivity contribution in [3.05, 3.63) is 36.2 Å². The van der Waals surface area contributed by atoms with E-state index in [1.165, 1.54) is 18.5 Å². The van der Waals surface area contributed by atoms with Crippen molar-refractivity contribution in [2.75, 3.05) is 16.4 Å². The molecule has 1 aromatic carbocycles. The molecular formula is C20H28N6O2. The van der Waals surface area contributed by atoms with Crippen molar-refractivity contribution < 1.29 is 9.90 Å². The number of anilines is 4. The van der Waals surface area contributed by atoms with E-state index in [1.54, 1.807) is 12.1 Å². The smallest absolute Gasteiger partial charge is 0.335 e. The van der Waals surface area contributed by atoms with Gasteiger partial charge in [-0.05, 0) is 64.8 Å². The Bertz CT molecular complexity index is 847. The average molecular weight is 384 g/mol. The quantitative estimate of drug-likeness (QED) is 0.532. The molecule has 6 N–H and O–H groups in total. The highest BCUT2D eigenvalue weighted by atomic mass is 16.4. The number of benzene rings is 1. The lowest BCUT2D eigenvalue weighted by Gasteiger charge is -2.46. The minimum absolute atomic E-state index is 0.00811. The lowest BCUT2D eigenvalue weighted by atomic mass is 9.79. The second kappa shape index (κ2) is 7.27. The first-order valence-corrected chi connectivity index (χ1v) is 9.31. The normalized spacial score (nSPS) is 18.4. The molecule has 1 aliphatic heterocycles. The molecule has 0 bridgehead atoms. The number of piperidine rings is 1. The van der Waals surface area contributed by atoms with E-state index in [1.807, 2.05) is 0 Å². The van der Waals surface area contributed by atoms with Crippen LogP contribution in [0.1, 0.15) is 50.9 Å². The SMILES string of the molecule is CC1(C)CC(Nc2ncnc(Nc3ccc(C(=O)O)cc3)c2N)CC(C)(C)N1. The minimum Gasteiger partial charge on any atom is -0.478 e. The first kappa shape index (κ1) is 19.9. The molecule has 1 saturated heterocycles. The summed E-state index contributed by atoms with van der Waals surface area (Å²) >= 11 is 0. The van der Waals surface area contributed by atoms with Crippen LogP contribution in [-0.4, -0.2) is 38.2 Å². The van der Waals surface area contributed by atoms with Gasteiger partial charge in [0.2, 0.25) is 0 Å². The van der Waals surface area contributed by atoms with Gasteiger partial charge in [-0.25, -0.2) is 14.8 Å². The predicted octanol–water partition coefficient (Wildman–Crippen LogP) is 3.22. The molecule has 1 fully saturated rings. The molecule has 2 aromatic rings. The van der Waals surface area contributed by atoms with E-state index >= 15 is 0 Å². The molecule has 150 valence electrons. The summed E-state index contributed by atoms with van der Waals surface area (Å²) in [5.41, 5.74) is 7.67. The minimum atomic E-state index is -0.965.